The van der Waals surface area contributed by atoms with Crippen LogP contribution in [0.15, 0.2) is 24.3 Å². The molecule has 0 radical (unpaired) electrons. The molecule has 3 aliphatic carbocycles. The standard InChI is InChI=1S/C27H36N4O4/c1-17(28-23(32)14-18-6-2-3-7-18)25(33)29-24-26(34)30(15-19-10-11-19)21-8-4-5-9-22(21)31(27(24)35)16-20-12-13-20/h4-5,8-9,17-20,24H,2-3,6-7,10-16H2,1H3,(H,28,32)(H,29,33)/t17-/m0/s1. The number of fused-ring (bicyclic) bond motifs is 1. The van der Waals surface area contributed by atoms with E-state index in [-0.39, 0.29) is 5.91 Å². The molecule has 0 spiro atoms. The number of nitrogens with zero attached hydrogens (tertiary/aromatic N) is 2. The zero-order valence-corrected chi connectivity index (χ0v) is 20.5. The number of amides is 4. The van der Waals surface area contributed by atoms with Gasteiger partial charge < -0.3 is 20.4 Å². The first-order valence-corrected chi connectivity index (χ1v) is 13.2. The van der Waals surface area contributed by atoms with Crippen molar-refractivity contribution in [2.45, 2.75) is 76.8 Å². The molecule has 0 saturated heterocycles. The number of para-hydroxylation sites is 2. The molecule has 8 nitrogen and oxygen atoms in total. The van der Waals surface area contributed by atoms with Crippen LogP contribution < -0.4 is 20.4 Å². The van der Waals surface area contributed by atoms with Crippen molar-refractivity contribution in [1.82, 2.24) is 10.6 Å². The van der Waals surface area contributed by atoms with Crippen molar-refractivity contribution in [2.24, 2.45) is 17.8 Å². The highest BCUT2D eigenvalue weighted by atomic mass is 16.2. The van der Waals surface area contributed by atoms with Gasteiger partial charge in [0, 0.05) is 19.5 Å². The van der Waals surface area contributed by atoms with E-state index in [2.05, 4.69) is 10.6 Å². The first-order valence-electron chi connectivity index (χ1n) is 13.2. The predicted octanol–water partition coefficient (Wildman–Crippen LogP) is 2.76. The number of hydrogen-bond acceptors (Lipinski definition) is 4. The van der Waals surface area contributed by atoms with E-state index in [0.29, 0.717) is 37.3 Å². The predicted molar refractivity (Wildman–Crippen MR) is 133 cm³/mol. The van der Waals surface area contributed by atoms with Gasteiger partial charge in [-0.05, 0) is 75.3 Å². The Hall–Kier alpha value is -2.90. The van der Waals surface area contributed by atoms with Gasteiger partial charge in [-0.2, -0.15) is 0 Å². The molecule has 1 atom stereocenters. The maximum atomic E-state index is 13.7. The maximum Gasteiger partial charge on any atom is 0.259 e. The van der Waals surface area contributed by atoms with Crippen molar-refractivity contribution in [3.8, 4) is 0 Å². The first-order chi connectivity index (χ1) is 16.9. The average molecular weight is 481 g/mol. The Morgan fingerprint density at radius 2 is 1.37 bits per heavy atom. The van der Waals surface area contributed by atoms with Crippen LogP contribution in [0.3, 0.4) is 0 Å². The van der Waals surface area contributed by atoms with E-state index >= 15 is 0 Å². The minimum Gasteiger partial charge on any atom is -0.345 e. The summed E-state index contributed by atoms with van der Waals surface area (Å²) in [6.45, 7) is 2.69. The second kappa shape index (κ2) is 9.99. The molecule has 35 heavy (non-hydrogen) atoms. The summed E-state index contributed by atoms with van der Waals surface area (Å²) in [5.41, 5.74) is 1.46. The van der Waals surface area contributed by atoms with Crippen molar-refractivity contribution >= 4 is 35.0 Å². The number of rotatable bonds is 9. The Labute approximate surface area is 206 Å². The third kappa shape index (κ3) is 5.52. The molecule has 5 rings (SSSR count). The molecule has 0 unspecified atom stereocenters. The minimum absolute atomic E-state index is 0.156. The summed E-state index contributed by atoms with van der Waals surface area (Å²) in [5.74, 6) is -0.252. The van der Waals surface area contributed by atoms with Gasteiger partial charge in [0.15, 0.2) is 6.04 Å². The zero-order valence-electron chi connectivity index (χ0n) is 20.5. The molecular weight excluding hydrogens is 444 g/mol. The normalized spacial score (nSPS) is 22.1. The van der Waals surface area contributed by atoms with Gasteiger partial charge in [0.1, 0.15) is 6.04 Å². The highest BCUT2D eigenvalue weighted by Crippen LogP contribution is 2.40. The molecule has 1 heterocycles. The zero-order chi connectivity index (χ0) is 24.5. The van der Waals surface area contributed by atoms with Gasteiger partial charge in [0.2, 0.25) is 11.8 Å². The molecule has 0 aromatic heterocycles. The van der Waals surface area contributed by atoms with E-state index in [4.69, 9.17) is 0 Å². The summed E-state index contributed by atoms with van der Waals surface area (Å²) in [7, 11) is 0. The second-order valence-corrected chi connectivity index (χ2v) is 10.9. The maximum absolute atomic E-state index is 13.7. The fraction of sp³-hybridized carbons (Fsp3) is 0.630. The van der Waals surface area contributed by atoms with Gasteiger partial charge in [0.25, 0.3) is 11.8 Å². The van der Waals surface area contributed by atoms with Gasteiger partial charge >= 0.3 is 0 Å². The summed E-state index contributed by atoms with van der Waals surface area (Å²) < 4.78 is 0. The van der Waals surface area contributed by atoms with Crippen LogP contribution in [0.25, 0.3) is 0 Å². The number of carbonyl (C=O) groups excluding carboxylic acids is 4. The summed E-state index contributed by atoms with van der Waals surface area (Å²) in [6, 6.07) is 5.40. The lowest BCUT2D eigenvalue weighted by atomic mass is 10.0. The smallest absolute Gasteiger partial charge is 0.259 e. The fourth-order valence-corrected chi connectivity index (χ4v) is 5.30. The number of anilines is 2. The van der Waals surface area contributed by atoms with E-state index in [0.717, 1.165) is 62.7 Å². The van der Waals surface area contributed by atoms with Gasteiger partial charge in [-0.1, -0.05) is 25.0 Å². The van der Waals surface area contributed by atoms with Crippen molar-refractivity contribution < 1.29 is 19.2 Å². The van der Waals surface area contributed by atoms with E-state index in [1.165, 1.54) is 0 Å². The molecular formula is C27H36N4O4. The first kappa shape index (κ1) is 23.8. The number of benzene rings is 1. The highest BCUT2D eigenvalue weighted by molar-refractivity contribution is 6.21. The van der Waals surface area contributed by atoms with E-state index < -0.39 is 29.8 Å². The molecule has 1 aromatic rings. The second-order valence-electron chi connectivity index (χ2n) is 10.9. The summed E-state index contributed by atoms with van der Waals surface area (Å²) >= 11 is 0. The fourth-order valence-electron chi connectivity index (χ4n) is 5.30. The molecule has 4 aliphatic rings. The average Bonchev–Trinajstić information content (AvgIpc) is 3.78. The Balaban J connectivity index is 1.33. The lowest BCUT2D eigenvalue weighted by Gasteiger charge is -2.25. The highest BCUT2D eigenvalue weighted by Gasteiger charge is 2.44. The van der Waals surface area contributed by atoms with Crippen LogP contribution in [-0.2, 0) is 19.2 Å². The van der Waals surface area contributed by atoms with Gasteiger partial charge in [0.05, 0.1) is 11.4 Å². The summed E-state index contributed by atoms with van der Waals surface area (Å²) in [4.78, 5) is 56.3. The van der Waals surface area contributed by atoms with Crippen molar-refractivity contribution in [3.63, 3.8) is 0 Å². The van der Waals surface area contributed by atoms with Crippen molar-refractivity contribution in [2.75, 3.05) is 22.9 Å². The number of hydrogen-bond donors (Lipinski definition) is 2. The molecule has 8 heteroatoms. The largest absolute Gasteiger partial charge is 0.345 e. The molecule has 1 aliphatic heterocycles. The van der Waals surface area contributed by atoms with Gasteiger partial charge in [-0.15, -0.1) is 0 Å². The molecule has 1 aromatic carbocycles. The number of nitrogens with one attached hydrogen (secondary N) is 2. The van der Waals surface area contributed by atoms with Crippen LogP contribution in [0.5, 0.6) is 0 Å². The van der Waals surface area contributed by atoms with Crippen LogP contribution in [0, 0.1) is 17.8 Å². The Morgan fingerprint density at radius 1 is 0.857 bits per heavy atom. The lowest BCUT2D eigenvalue weighted by Crippen LogP contribution is -2.59. The molecule has 2 N–H and O–H groups in total. The lowest BCUT2D eigenvalue weighted by molar-refractivity contribution is -0.135. The molecule has 4 amide bonds. The quantitative estimate of drug-likeness (QED) is 0.531. The van der Waals surface area contributed by atoms with Crippen LogP contribution in [0.1, 0.15) is 64.7 Å². The Morgan fingerprint density at radius 3 is 1.86 bits per heavy atom. The third-order valence-electron chi connectivity index (χ3n) is 7.77. The van der Waals surface area contributed by atoms with E-state index in [9.17, 15) is 19.2 Å². The molecule has 188 valence electrons. The van der Waals surface area contributed by atoms with Gasteiger partial charge in [-0.3, -0.25) is 19.2 Å². The third-order valence-corrected chi connectivity index (χ3v) is 7.77. The van der Waals surface area contributed by atoms with E-state index in [1.54, 1.807) is 16.7 Å². The minimum atomic E-state index is -1.30. The van der Waals surface area contributed by atoms with E-state index in [1.807, 2.05) is 24.3 Å². The Kier molecular flexibility index (Phi) is 6.80. The van der Waals surface area contributed by atoms with Crippen LogP contribution in [-0.4, -0.2) is 48.8 Å². The summed E-state index contributed by atoms with van der Waals surface area (Å²) in [6.07, 6.45) is 9.06. The topological polar surface area (TPSA) is 98.8 Å². The van der Waals surface area contributed by atoms with Crippen LogP contribution in [0.2, 0.25) is 0 Å². The van der Waals surface area contributed by atoms with Gasteiger partial charge in [-0.25, -0.2) is 0 Å². The van der Waals surface area contributed by atoms with Crippen LogP contribution in [0.4, 0.5) is 11.4 Å². The SMILES string of the molecule is C[C@H](NC(=O)CC1CCCC1)C(=O)NC1C(=O)N(CC2CC2)c2ccccc2N(CC2CC2)C1=O. The van der Waals surface area contributed by atoms with Crippen molar-refractivity contribution in [3.05, 3.63) is 24.3 Å². The molecule has 3 saturated carbocycles. The Bertz CT molecular complexity index is 944. The molecule has 3 fully saturated rings. The van der Waals surface area contributed by atoms with Crippen molar-refractivity contribution in [1.29, 1.82) is 0 Å². The number of carbonyl (C=O) groups is 4. The molecule has 0 bridgehead atoms. The monoisotopic (exact) mass is 480 g/mol. The van der Waals surface area contributed by atoms with Crippen LogP contribution >= 0.6 is 0 Å². The summed E-state index contributed by atoms with van der Waals surface area (Å²) in [5, 5.41) is 5.47.